The fraction of sp³-hybridized carbons (Fsp3) is 0.0714. The molecule has 0 atom stereocenters. The van der Waals surface area contributed by atoms with Gasteiger partial charge in [-0.2, -0.15) is 0 Å². The molecule has 0 heterocycles. The number of halogens is 2. The van der Waals surface area contributed by atoms with Crippen molar-refractivity contribution in [3.05, 3.63) is 62.4 Å². The van der Waals surface area contributed by atoms with Crippen molar-refractivity contribution in [2.75, 3.05) is 0 Å². The number of rotatable bonds is 3. The summed E-state index contributed by atoms with van der Waals surface area (Å²) in [7, 11) is 0. The summed E-state index contributed by atoms with van der Waals surface area (Å²) in [6, 6.07) is 6.26. The van der Waals surface area contributed by atoms with Crippen LogP contribution in [0.3, 0.4) is 0 Å². The van der Waals surface area contributed by atoms with Gasteiger partial charge in [0.2, 0.25) is 0 Å². The van der Waals surface area contributed by atoms with E-state index in [4.69, 9.17) is 11.6 Å². The van der Waals surface area contributed by atoms with Crippen LogP contribution in [0.5, 0.6) is 5.75 Å². The minimum absolute atomic E-state index is 0.00192. The van der Waals surface area contributed by atoms with Crippen LogP contribution in [-0.4, -0.2) is 11.1 Å². The molecule has 0 radical (unpaired) electrons. The van der Waals surface area contributed by atoms with E-state index in [1.54, 1.807) is 6.92 Å². The highest BCUT2D eigenvalue weighted by molar-refractivity contribution is 6.31. The maximum Gasteiger partial charge on any atom is 0.263 e. The van der Waals surface area contributed by atoms with E-state index in [1.165, 1.54) is 30.5 Å². The maximum atomic E-state index is 13.0. The number of aryl methyl sites for hydroxylation is 1. The van der Waals surface area contributed by atoms with Gasteiger partial charge in [0.15, 0.2) is 0 Å². The molecule has 7 heteroatoms. The zero-order valence-corrected chi connectivity index (χ0v) is 11.6. The minimum Gasteiger partial charge on any atom is -0.867 e. The number of nitrogens with zero attached hydrogens (tertiary/aromatic N) is 2. The van der Waals surface area contributed by atoms with Crippen LogP contribution in [0.4, 0.5) is 15.8 Å². The zero-order valence-electron chi connectivity index (χ0n) is 10.8. The van der Waals surface area contributed by atoms with Crippen molar-refractivity contribution in [2.24, 2.45) is 4.99 Å². The van der Waals surface area contributed by atoms with Crippen LogP contribution in [0.1, 0.15) is 11.1 Å². The third-order valence-corrected chi connectivity index (χ3v) is 2.98. The van der Waals surface area contributed by atoms with E-state index in [0.717, 1.165) is 6.07 Å². The number of benzene rings is 2. The predicted octanol–water partition coefficient (Wildman–Crippen LogP) is 3.52. The van der Waals surface area contributed by atoms with Crippen molar-refractivity contribution in [1.82, 2.24) is 0 Å². The molecule has 0 saturated carbocycles. The van der Waals surface area contributed by atoms with Crippen molar-refractivity contribution in [1.29, 1.82) is 0 Å². The Balaban J connectivity index is 2.43. The third-order valence-electron chi connectivity index (χ3n) is 2.76. The van der Waals surface area contributed by atoms with Crippen LogP contribution < -0.4 is 5.11 Å². The molecule has 0 aliphatic rings. The fourth-order valence-electron chi connectivity index (χ4n) is 1.73. The Morgan fingerprint density at radius 2 is 2.05 bits per heavy atom. The van der Waals surface area contributed by atoms with Gasteiger partial charge in [-0.1, -0.05) is 11.6 Å². The highest BCUT2D eigenvalue weighted by Gasteiger charge is 2.11. The van der Waals surface area contributed by atoms with Crippen LogP contribution in [0.15, 0.2) is 35.3 Å². The van der Waals surface area contributed by atoms with Crippen LogP contribution in [-0.2, 0) is 0 Å². The van der Waals surface area contributed by atoms with E-state index in [-0.39, 0.29) is 10.6 Å². The molecule has 2 aromatic rings. The second kappa shape index (κ2) is 5.88. The Labute approximate surface area is 124 Å². The first-order valence-corrected chi connectivity index (χ1v) is 6.21. The molecule has 0 aromatic heterocycles. The van der Waals surface area contributed by atoms with Crippen molar-refractivity contribution in [2.45, 2.75) is 6.92 Å². The van der Waals surface area contributed by atoms with Gasteiger partial charge in [0, 0.05) is 17.3 Å². The summed E-state index contributed by atoms with van der Waals surface area (Å²) in [5, 5.41) is 22.7. The molecule has 108 valence electrons. The summed E-state index contributed by atoms with van der Waals surface area (Å²) in [6.07, 6.45) is 1.18. The van der Waals surface area contributed by atoms with Crippen molar-refractivity contribution in [3.8, 4) is 5.75 Å². The quantitative estimate of drug-likeness (QED) is 0.494. The summed E-state index contributed by atoms with van der Waals surface area (Å²) in [6.45, 7) is 1.66. The van der Waals surface area contributed by atoms with Gasteiger partial charge >= 0.3 is 0 Å². The molecule has 5 nitrogen and oxygen atoms in total. The molecule has 0 N–H and O–H groups in total. The summed E-state index contributed by atoms with van der Waals surface area (Å²) in [5.74, 6) is -1.16. The lowest BCUT2D eigenvalue weighted by Crippen LogP contribution is -2.02. The van der Waals surface area contributed by atoms with Gasteiger partial charge in [0.05, 0.1) is 10.6 Å². The number of hydrogen-bond acceptors (Lipinski definition) is 4. The Bertz CT molecular complexity index is 747. The average molecular weight is 308 g/mol. The van der Waals surface area contributed by atoms with Crippen molar-refractivity contribution < 1.29 is 14.4 Å². The lowest BCUT2D eigenvalue weighted by Gasteiger charge is -2.11. The molecule has 0 amide bonds. The molecule has 0 fully saturated rings. The average Bonchev–Trinajstić information content (AvgIpc) is 2.40. The Kier molecular flexibility index (Phi) is 4.18. The monoisotopic (exact) mass is 307 g/mol. The van der Waals surface area contributed by atoms with E-state index in [9.17, 15) is 19.6 Å². The molecule has 0 aliphatic heterocycles. The van der Waals surface area contributed by atoms with Gasteiger partial charge in [-0.3, -0.25) is 15.1 Å². The van der Waals surface area contributed by atoms with E-state index < -0.39 is 22.2 Å². The summed E-state index contributed by atoms with van der Waals surface area (Å²) < 4.78 is 13.0. The maximum absolute atomic E-state index is 13.0. The summed E-state index contributed by atoms with van der Waals surface area (Å²) >= 11 is 5.75. The van der Waals surface area contributed by atoms with Crippen LogP contribution in [0, 0.1) is 22.9 Å². The molecule has 2 aromatic carbocycles. The lowest BCUT2D eigenvalue weighted by atomic mass is 10.1. The fourth-order valence-corrected chi connectivity index (χ4v) is 1.96. The van der Waals surface area contributed by atoms with E-state index in [2.05, 4.69) is 4.99 Å². The molecular formula is C14H9ClFN2O3-. The van der Waals surface area contributed by atoms with Crippen molar-refractivity contribution >= 4 is 29.2 Å². The van der Waals surface area contributed by atoms with Gasteiger partial charge in [-0.15, -0.1) is 0 Å². The van der Waals surface area contributed by atoms with E-state index >= 15 is 0 Å². The summed E-state index contributed by atoms with van der Waals surface area (Å²) in [5.41, 5.74) is 0.423. The van der Waals surface area contributed by atoms with Crippen molar-refractivity contribution in [3.63, 3.8) is 0 Å². The second-order valence-electron chi connectivity index (χ2n) is 4.29. The molecule has 0 saturated heterocycles. The number of hydrogen-bond donors (Lipinski definition) is 0. The van der Waals surface area contributed by atoms with Gasteiger partial charge in [-0.25, -0.2) is 4.39 Å². The largest absolute Gasteiger partial charge is 0.867 e. The number of aliphatic imine (C=N–C) groups is 1. The Morgan fingerprint density at radius 1 is 1.33 bits per heavy atom. The predicted molar refractivity (Wildman–Crippen MR) is 75.9 cm³/mol. The molecular weight excluding hydrogens is 299 g/mol. The van der Waals surface area contributed by atoms with Gasteiger partial charge in [0.1, 0.15) is 5.82 Å². The Hall–Kier alpha value is -2.47. The smallest absolute Gasteiger partial charge is 0.263 e. The van der Waals surface area contributed by atoms with E-state index in [1.807, 2.05) is 0 Å². The minimum atomic E-state index is -0.797. The SMILES string of the molecule is Cc1cc(F)ccc1N=Cc1cc(Cl)cc([N+](=O)[O-])c1[O-]. The number of nitro groups is 1. The molecule has 0 bridgehead atoms. The summed E-state index contributed by atoms with van der Waals surface area (Å²) in [4.78, 5) is 14.0. The lowest BCUT2D eigenvalue weighted by molar-refractivity contribution is -0.398. The Morgan fingerprint density at radius 3 is 2.67 bits per heavy atom. The standard InChI is InChI=1S/C14H10ClFN2O3/c1-8-4-11(16)2-3-12(8)17-7-9-5-10(15)6-13(14(9)19)18(20)21/h2-7,19H,1H3/p-1. The van der Waals surface area contributed by atoms with Gasteiger partial charge in [0.25, 0.3) is 5.69 Å². The molecule has 0 aliphatic carbocycles. The van der Waals surface area contributed by atoms with Crippen LogP contribution >= 0.6 is 11.6 Å². The van der Waals surface area contributed by atoms with Crippen LogP contribution in [0.2, 0.25) is 5.02 Å². The highest BCUT2D eigenvalue weighted by Crippen LogP contribution is 2.30. The van der Waals surface area contributed by atoms with E-state index in [0.29, 0.717) is 11.3 Å². The first-order chi connectivity index (χ1) is 9.88. The van der Waals surface area contributed by atoms with Crippen LogP contribution in [0.25, 0.3) is 0 Å². The molecule has 0 spiro atoms. The normalized spacial score (nSPS) is 11.0. The van der Waals surface area contributed by atoms with Gasteiger partial charge < -0.3 is 5.11 Å². The topological polar surface area (TPSA) is 78.6 Å². The third kappa shape index (κ3) is 3.35. The number of nitro benzene ring substituents is 1. The molecule has 21 heavy (non-hydrogen) atoms. The van der Waals surface area contributed by atoms with Gasteiger partial charge in [-0.05, 0) is 48.1 Å². The zero-order chi connectivity index (χ0) is 15.6. The highest BCUT2D eigenvalue weighted by atomic mass is 35.5. The molecule has 2 rings (SSSR count). The first kappa shape index (κ1) is 14.9. The first-order valence-electron chi connectivity index (χ1n) is 5.83. The molecule has 0 unspecified atom stereocenters. The second-order valence-corrected chi connectivity index (χ2v) is 4.73.